The van der Waals surface area contributed by atoms with Crippen LogP contribution in [-0.2, 0) is 19.3 Å². The maximum Gasteiger partial charge on any atom is 0.321 e. The molecule has 27 heavy (non-hydrogen) atoms. The second kappa shape index (κ2) is 7.39. The molecule has 0 saturated carbocycles. The van der Waals surface area contributed by atoms with Crippen LogP contribution in [0, 0.1) is 19.8 Å². The highest BCUT2D eigenvalue weighted by Crippen LogP contribution is 2.32. The van der Waals surface area contributed by atoms with E-state index in [1.165, 1.54) is 6.26 Å². The van der Waals surface area contributed by atoms with E-state index >= 15 is 0 Å². The largest absolute Gasteiger partial charge is 0.459 e. The zero-order valence-electron chi connectivity index (χ0n) is 16.4. The molecular weight excluding hydrogens is 368 g/mol. The minimum Gasteiger partial charge on any atom is -0.459 e. The summed E-state index contributed by atoms with van der Waals surface area (Å²) in [7, 11) is -2.64. The second-order valence-corrected chi connectivity index (χ2v) is 10.4. The first-order chi connectivity index (χ1) is 12.6. The smallest absolute Gasteiger partial charge is 0.321 e. The zero-order chi connectivity index (χ0) is 19.8. The van der Waals surface area contributed by atoms with E-state index in [2.05, 4.69) is 4.36 Å². The molecule has 7 nitrogen and oxygen atoms in total. The summed E-state index contributed by atoms with van der Waals surface area (Å²) in [6.07, 6.45) is 2.57. The van der Waals surface area contributed by atoms with Crippen molar-refractivity contribution in [2.75, 3.05) is 31.2 Å². The van der Waals surface area contributed by atoms with Crippen LogP contribution in [0.1, 0.15) is 48.4 Å². The van der Waals surface area contributed by atoms with Gasteiger partial charge in [0.15, 0.2) is 5.76 Å². The van der Waals surface area contributed by atoms with Crippen LogP contribution in [0.3, 0.4) is 0 Å². The van der Waals surface area contributed by atoms with Crippen molar-refractivity contribution in [1.82, 2.24) is 4.90 Å². The average Bonchev–Trinajstić information content (AvgIpc) is 2.97. The van der Waals surface area contributed by atoms with Gasteiger partial charge in [-0.2, -0.15) is 4.36 Å². The monoisotopic (exact) mass is 396 g/mol. The molecule has 0 atom stereocenters. The Balaban J connectivity index is 1.72. The van der Waals surface area contributed by atoms with Gasteiger partial charge >= 0.3 is 5.91 Å². The number of amides is 2. The Bertz CT molecular complexity index is 849. The van der Waals surface area contributed by atoms with Gasteiger partial charge in [-0.1, -0.05) is 13.8 Å². The number of furan rings is 1. The Labute approximate surface area is 160 Å². The fourth-order valence-corrected chi connectivity index (χ4v) is 5.77. The minimum absolute atomic E-state index is 0.0550. The highest BCUT2D eigenvalue weighted by atomic mass is 32.2. The minimum atomic E-state index is -2.64. The summed E-state index contributed by atoms with van der Waals surface area (Å²) in [6, 6.07) is 0. The van der Waals surface area contributed by atoms with E-state index in [-0.39, 0.29) is 17.6 Å². The number of carbonyl (C=O) groups excluding carboxylic acids is 2. The summed E-state index contributed by atoms with van der Waals surface area (Å²) in [5.74, 6) is 0.261. The maximum atomic E-state index is 13.1. The second-order valence-electron chi connectivity index (χ2n) is 7.90. The highest BCUT2D eigenvalue weighted by Gasteiger charge is 2.42. The standard InChI is InChI=1S/C19H28N2O5S/c1-13(2)18(23)21-7-8-26-19(12-21)5-9-27(24,10-6-19)20-17(22)16-15(4)14(3)11-25-16/h11,13H,5-10,12H2,1-4H3. The Kier molecular flexibility index (Phi) is 5.49. The fraction of sp³-hybridized carbons (Fsp3) is 0.684. The van der Waals surface area contributed by atoms with Gasteiger partial charge < -0.3 is 14.1 Å². The Hall–Kier alpha value is -1.67. The molecule has 0 aliphatic carbocycles. The molecule has 2 amide bonds. The molecule has 0 aromatic carbocycles. The number of hydrogen-bond donors (Lipinski definition) is 0. The normalized spacial score (nSPS) is 28.6. The van der Waals surface area contributed by atoms with Gasteiger partial charge in [-0.25, -0.2) is 4.21 Å². The van der Waals surface area contributed by atoms with Gasteiger partial charge in [-0.15, -0.1) is 0 Å². The molecule has 2 aliphatic heterocycles. The van der Waals surface area contributed by atoms with E-state index in [1.54, 1.807) is 6.92 Å². The van der Waals surface area contributed by atoms with Gasteiger partial charge in [0.05, 0.1) is 28.2 Å². The van der Waals surface area contributed by atoms with Gasteiger partial charge in [-0.3, -0.25) is 9.59 Å². The van der Waals surface area contributed by atoms with Crippen LogP contribution >= 0.6 is 0 Å². The summed E-state index contributed by atoms with van der Waals surface area (Å²) >= 11 is 0. The first kappa shape index (κ1) is 20.1. The Morgan fingerprint density at radius 3 is 2.48 bits per heavy atom. The summed E-state index contributed by atoms with van der Waals surface area (Å²) in [6.45, 7) is 9.02. The van der Waals surface area contributed by atoms with E-state index in [4.69, 9.17) is 9.15 Å². The van der Waals surface area contributed by atoms with Crippen LogP contribution in [0.2, 0.25) is 0 Å². The lowest BCUT2D eigenvalue weighted by Crippen LogP contribution is -2.57. The molecule has 3 rings (SSSR count). The molecule has 3 heterocycles. The summed E-state index contributed by atoms with van der Waals surface area (Å²) in [4.78, 5) is 26.6. The van der Waals surface area contributed by atoms with Gasteiger partial charge in [0, 0.05) is 36.1 Å². The lowest BCUT2D eigenvalue weighted by atomic mass is 9.93. The van der Waals surface area contributed by atoms with Crippen molar-refractivity contribution in [3.8, 4) is 0 Å². The van der Waals surface area contributed by atoms with Gasteiger partial charge in [-0.05, 0) is 32.3 Å². The van der Waals surface area contributed by atoms with Crippen LogP contribution in [0.5, 0.6) is 0 Å². The van der Waals surface area contributed by atoms with Crippen molar-refractivity contribution >= 4 is 21.5 Å². The topological polar surface area (TPSA) is 89.2 Å². The predicted molar refractivity (Wildman–Crippen MR) is 102 cm³/mol. The van der Waals surface area contributed by atoms with E-state index in [0.717, 1.165) is 11.1 Å². The van der Waals surface area contributed by atoms with Crippen molar-refractivity contribution in [2.45, 2.75) is 46.1 Å². The molecule has 0 unspecified atom stereocenters. The molecule has 0 bridgehead atoms. The third-order valence-corrected chi connectivity index (χ3v) is 7.72. The molecule has 2 saturated heterocycles. The third-order valence-electron chi connectivity index (χ3n) is 5.54. The van der Waals surface area contributed by atoms with Gasteiger partial charge in [0.1, 0.15) is 0 Å². The first-order valence-corrected chi connectivity index (χ1v) is 11.2. The van der Waals surface area contributed by atoms with Crippen LogP contribution < -0.4 is 0 Å². The van der Waals surface area contributed by atoms with Crippen molar-refractivity contribution < 1.29 is 23.0 Å². The summed E-state index contributed by atoms with van der Waals surface area (Å²) < 4.78 is 28.4. The fourth-order valence-electron chi connectivity index (χ4n) is 3.62. The number of nitrogens with zero attached hydrogens (tertiary/aromatic N) is 2. The van der Waals surface area contributed by atoms with Crippen LogP contribution in [0.4, 0.5) is 0 Å². The number of aryl methyl sites for hydroxylation is 1. The summed E-state index contributed by atoms with van der Waals surface area (Å²) in [5, 5.41) is 0. The average molecular weight is 397 g/mol. The van der Waals surface area contributed by atoms with Gasteiger partial charge in [0.2, 0.25) is 5.91 Å². The van der Waals surface area contributed by atoms with E-state index < -0.39 is 21.2 Å². The molecule has 150 valence electrons. The molecule has 1 spiro atoms. The van der Waals surface area contributed by atoms with Crippen molar-refractivity contribution in [3.05, 3.63) is 23.2 Å². The number of morpholine rings is 1. The van der Waals surface area contributed by atoms with Crippen LogP contribution in [0.25, 0.3) is 0 Å². The SMILES string of the molecule is Cc1coc(C(=O)N=S2(=O)CCC3(CC2)CN(C(=O)C(C)C)CCO3)c1C. The Morgan fingerprint density at radius 1 is 1.26 bits per heavy atom. The number of ether oxygens (including phenoxy) is 1. The van der Waals surface area contributed by atoms with Crippen molar-refractivity contribution in [3.63, 3.8) is 0 Å². The molecule has 0 N–H and O–H groups in total. The van der Waals surface area contributed by atoms with Crippen LogP contribution in [0.15, 0.2) is 15.0 Å². The molecule has 2 fully saturated rings. The number of hydrogen-bond acceptors (Lipinski definition) is 5. The van der Waals surface area contributed by atoms with E-state index in [9.17, 15) is 13.8 Å². The van der Waals surface area contributed by atoms with E-state index in [0.29, 0.717) is 44.0 Å². The third kappa shape index (κ3) is 4.11. The Morgan fingerprint density at radius 2 is 1.93 bits per heavy atom. The number of carbonyl (C=O) groups is 2. The van der Waals surface area contributed by atoms with Crippen molar-refractivity contribution in [1.29, 1.82) is 0 Å². The first-order valence-electron chi connectivity index (χ1n) is 9.39. The predicted octanol–water partition coefficient (Wildman–Crippen LogP) is 2.55. The highest BCUT2D eigenvalue weighted by molar-refractivity contribution is 7.93. The van der Waals surface area contributed by atoms with Gasteiger partial charge in [0.25, 0.3) is 0 Å². The zero-order valence-corrected chi connectivity index (χ0v) is 17.3. The lowest BCUT2D eigenvalue weighted by molar-refractivity contribution is -0.154. The molecule has 8 heteroatoms. The molecular formula is C19H28N2O5S. The summed E-state index contributed by atoms with van der Waals surface area (Å²) in [5.41, 5.74) is 1.13. The molecule has 1 aromatic heterocycles. The number of rotatable bonds is 2. The molecule has 2 aliphatic rings. The quantitative estimate of drug-likeness (QED) is 0.766. The molecule has 0 radical (unpaired) electrons. The molecule has 1 aromatic rings. The maximum absolute atomic E-state index is 13.1. The van der Waals surface area contributed by atoms with Crippen molar-refractivity contribution in [2.24, 2.45) is 10.3 Å². The van der Waals surface area contributed by atoms with E-state index in [1.807, 2.05) is 25.7 Å². The van der Waals surface area contributed by atoms with Crippen LogP contribution in [-0.4, -0.2) is 57.7 Å². The lowest BCUT2D eigenvalue weighted by Gasteiger charge is -2.45.